The van der Waals surface area contributed by atoms with Gasteiger partial charge in [-0.25, -0.2) is 10.4 Å². The average Bonchev–Trinajstić information content (AvgIpc) is 3.21. The van der Waals surface area contributed by atoms with E-state index in [0.29, 0.717) is 6.20 Å². The molecule has 4 atom stereocenters. The molecule has 0 aromatic carbocycles. The van der Waals surface area contributed by atoms with Crippen LogP contribution in [0, 0.1) is 11.8 Å². The number of nitrogens with one attached hydrogen (secondary N) is 1. The number of ether oxygens (including phenoxy) is 1. The molecule has 1 aromatic rings. The minimum Gasteiger partial charge on any atom is -0.365 e. The Hall–Kier alpha value is -1.97. The summed E-state index contributed by atoms with van der Waals surface area (Å²) in [5, 5.41) is 0.687. The number of carbonyl (C=O) groups is 2. The highest BCUT2D eigenvalue weighted by molar-refractivity contribution is 6.31. The van der Waals surface area contributed by atoms with Crippen molar-refractivity contribution in [1.82, 2.24) is 15.4 Å². The van der Waals surface area contributed by atoms with Crippen LogP contribution in [0.1, 0.15) is 11.3 Å². The molecule has 1 N–H and O–H groups in total. The van der Waals surface area contributed by atoms with E-state index >= 15 is 0 Å². The number of rotatable bonds is 3. The van der Waals surface area contributed by atoms with Crippen molar-refractivity contribution >= 4 is 23.4 Å². The fourth-order valence-corrected chi connectivity index (χ4v) is 3.60. The maximum atomic E-state index is 12.6. The summed E-state index contributed by atoms with van der Waals surface area (Å²) in [5.41, 5.74) is 1.75. The summed E-state index contributed by atoms with van der Waals surface area (Å²) in [6.45, 7) is -0.155. The zero-order valence-electron chi connectivity index (χ0n) is 12.5. The highest BCUT2D eigenvalue weighted by Crippen LogP contribution is 2.44. The molecule has 4 unspecified atom stereocenters. The maximum Gasteiger partial charge on any atom is 0.417 e. The topological polar surface area (TPSA) is 71.5 Å². The number of fused-ring (bicyclic) bond motifs is 5. The highest BCUT2D eigenvalue weighted by Gasteiger charge is 2.60. The van der Waals surface area contributed by atoms with Crippen LogP contribution >= 0.6 is 11.6 Å². The third-order valence-corrected chi connectivity index (χ3v) is 4.89. The first kappa shape index (κ1) is 16.5. The Bertz CT molecular complexity index is 768. The molecule has 0 radical (unpaired) electrons. The minimum atomic E-state index is -4.55. The van der Waals surface area contributed by atoms with E-state index in [1.165, 1.54) is 0 Å². The van der Waals surface area contributed by atoms with Crippen LogP contribution in [0.5, 0.6) is 0 Å². The number of hydrogen-bond donors (Lipinski definition) is 1. The Morgan fingerprint density at radius 1 is 1.20 bits per heavy atom. The van der Waals surface area contributed by atoms with Gasteiger partial charge in [-0.3, -0.25) is 14.6 Å². The van der Waals surface area contributed by atoms with Gasteiger partial charge in [0.15, 0.2) is 0 Å². The first-order valence-corrected chi connectivity index (χ1v) is 7.82. The number of alkyl halides is 3. The van der Waals surface area contributed by atoms with E-state index in [4.69, 9.17) is 16.3 Å². The molecule has 0 spiro atoms. The molecule has 2 saturated heterocycles. The minimum absolute atomic E-state index is 0.102. The van der Waals surface area contributed by atoms with Gasteiger partial charge in [-0.2, -0.15) is 13.2 Å². The quantitative estimate of drug-likeness (QED) is 0.645. The molecule has 2 fully saturated rings. The number of amides is 2. The van der Waals surface area contributed by atoms with E-state index < -0.39 is 47.6 Å². The number of nitrogens with zero attached hydrogens (tertiary/aromatic N) is 2. The van der Waals surface area contributed by atoms with Crippen molar-refractivity contribution in [2.75, 3.05) is 0 Å². The van der Waals surface area contributed by atoms with Crippen LogP contribution in [0.15, 0.2) is 24.4 Å². The van der Waals surface area contributed by atoms with Gasteiger partial charge in [0.25, 0.3) is 11.8 Å². The molecule has 3 aliphatic rings. The third-order valence-electron chi connectivity index (χ3n) is 4.56. The first-order chi connectivity index (χ1) is 11.8. The van der Waals surface area contributed by atoms with Gasteiger partial charge >= 0.3 is 6.18 Å². The summed E-state index contributed by atoms with van der Waals surface area (Å²) in [4.78, 5) is 28.5. The fraction of sp³-hybridized carbons (Fsp3) is 0.400. The summed E-state index contributed by atoms with van der Waals surface area (Å²) in [5.74, 6) is -1.97. The summed E-state index contributed by atoms with van der Waals surface area (Å²) >= 11 is 5.82. The van der Waals surface area contributed by atoms with Crippen LogP contribution in [0.3, 0.4) is 0 Å². The molecule has 6 nitrogen and oxygen atoms in total. The van der Waals surface area contributed by atoms with E-state index in [2.05, 4.69) is 10.4 Å². The number of carbonyl (C=O) groups excluding carboxylic acids is 2. The number of halogens is 4. The lowest BCUT2D eigenvalue weighted by molar-refractivity contribution is -0.146. The molecule has 0 saturated carbocycles. The molecule has 3 aliphatic heterocycles. The number of aromatic nitrogens is 1. The van der Waals surface area contributed by atoms with Crippen LogP contribution < -0.4 is 5.43 Å². The molecule has 2 bridgehead atoms. The third kappa shape index (κ3) is 2.54. The summed E-state index contributed by atoms with van der Waals surface area (Å²) in [6.07, 6.45) is -1.20. The Morgan fingerprint density at radius 2 is 1.80 bits per heavy atom. The van der Waals surface area contributed by atoms with E-state index in [-0.39, 0.29) is 17.3 Å². The summed E-state index contributed by atoms with van der Waals surface area (Å²) < 4.78 is 43.4. The molecule has 4 rings (SSSR count). The van der Waals surface area contributed by atoms with E-state index in [1.807, 2.05) is 0 Å². The molecular weight excluding hydrogens is 363 g/mol. The smallest absolute Gasteiger partial charge is 0.365 e. The molecule has 10 heteroatoms. The van der Waals surface area contributed by atoms with Crippen LogP contribution in [0.2, 0.25) is 5.02 Å². The van der Waals surface area contributed by atoms with Crippen LogP contribution in [-0.2, 0) is 27.0 Å². The van der Waals surface area contributed by atoms with Gasteiger partial charge in [-0.05, 0) is 6.07 Å². The van der Waals surface area contributed by atoms with Crippen molar-refractivity contribution in [3.05, 3.63) is 40.7 Å². The summed E-state index contributed by atoms with van der Waals surface area (Å²) in [7, 11) is 0. The van der Waals surface area contributed by atoms with Gasteiger partial charge in [0.2, 0.25) is 0 Å². The standard InChI is InChI=1S/C15H11ClF3N3O3/c16-7-3-6(15(17,18)19)4-20-8(7)5-21-22-13(23)11-9-1-2-10(25-9)12(11)14(22)24/h1-4,9-12,21H,5H2. The monoisotopic (exact) mass is 373 g/mol. The molecule has 0 aliphatic carbocycles. The van der Waals surface area contributed by atoms with Crippen molar-refractivity contribution in [2.24, 2.45) is 11.8 Å². The second-order valence-corrected chi connectivity index (χ2v) is 6.41. The number of hydrazine groups is 1. The average molecular weight is 374 g/mol. The molecular formula is C15H11ClF3N3O3. The fourth-order valence-electron chi connectivity index (χ4n) is 3.36. The largest absolute Gasteiger partial charge is 0.417 e. The highest BCUT2D eigenvalue weighted by atomic mass is 35.5. The Kier molecular flexibility index (Phi) is 3.64. The van der Waals surface area contributed by atoms with Crippen LogP contribution in [-0.4, -0.2) is 34.0 Å². The van der Waals surface area contributed by atoms with Gasteiger partial charge in [0.1, 0.15) is 0 Å². The zero-order chi connectivity index (χ0) is 17.9. The number of pyridine rings is 1. The molecule has 132 valence electrons. The zero-order valence-corrected chi connectivity index (χ0v) is 13.2. The Labute approximate surface area is 144 Å². The maximum absolute atomic E-state index is 12.6. The van der Waals surface area contributed by atoms with Crippen molar-refractivity contribution in [3.8, 4) is 0 Å². The lowest BCUT2D eigenvalue weighted by Gasteiger charge is -2.18. The van der Waals surface area contributed by atoms with Crippen LogP contribution in [0.4, 0.5) is 13.2 Å². The number of imide groups is 1. The lowest BCUT2D eigenvalue weighted by Crippen LogP contribution is -2.44. The van der Waals surface area contributed by atoms with E-state index in [1.54, 1.807) is 12.2 Å². The number of hydrogen-bond acceptors (Lipinski definition) is 5. The summed E-state index contributed by atoms with van der Waals surface area (Å²) in [6, 6.07) is 0.756. The molecule has 2 amide bonds. The molecule has 25 heavy (non-hydrogen) atoms. The van der Waals surface area contributed by atoms with Crippen LogP contribution in [0.25, 0.3) is 0 Å². The molecule has 4 heterocycles. The molecule has 1 aromatic heterocycles. The van der Waals surface area contributed by atoms with Gasteiger partial charge in [0, 0.05) is 6.20 Å². The lowest BCUT2D eigenvalue weighted by atomic mass is 9.85. The van der Waals surface area contributed by atoms with Gasteiger partial charge in [0.05, 0.1) is 46.9 Å². The van der Waals surface area contributed by atoms with Gasteiger partial charge in [-0.1, -0.05) is 23.8 Å². The van der Waals surface area contributed by atoms with Crippen molar-refractivity contribution in [2.45, 2.75) is 24.9 Å². The van der Waals surface area contributed by atoms with Gasteiger partial charge in [-0.15, -0.1) is 0 Å². The SMILES string of the molecule is O=C1C2C3C=CC(O3)C2C(=O)N1NCc1ncc(C(F)(F)F)cc1Cl. The van der Waals surface area contributed by atoms with E-state index in [0.717, 1.165) is 11.1 Å². The van der Waals surface area contributed by atoms with Crippen molar-refractivity contribution in [1.29, 1.82) is 0 Å². The van der Waals surface area contributed by atoms with Crippen molar-refractivity contribution in [3.63, 3.8) is 0 Å². The van der Waals surface area contributed by atoms with E-state index in [9.17, 15) is 22.8 Å². The Balaban J connectivity index is 1.48. The second-order valence-electron chi connectivity index (χ2n) is 6.00. The predicted octanol–water partition coefficient (Wildman–Crippen LogP) is 1.70. The van der Waals surface area contributed by atoms with Crippen molar-refractivity contribution < 1.29 is 27.5 Å². The second kappa shape index (κ2) is 5.52. The first-order valence-electron chi connectivity index (χ1n) is 7.44. The van der Waals surface area contributed by atoms with Gasteiger partial charge < -0.3 is 4.74 Å². The normalized spacial score (nSPS) is 30.5. The predicted molar refractivity (Wildman–Crippen MR) is 77.7 cm³/mol. The Morgan fingerprint density at radius 3 is 2.32 bits per heavy atom.